The van der Waals surface area contributed by atoms with Gasteiger partial charge in [-0.15, -0.1) is 11.3 Å². The summed E-state index contributed by atoms with van der Waals surface area (Å²) in [5.41, 5.74) is 1.48. The fraction of sp³-hybridized carbons (Fsp3) is 0.471. The number of aromatic carboxylic acids is 1. The zero-order valence-corrected chi connectivity index (χ0v) is 15.7. The first-order chi connectivity index (χ1) is 12.4. The largest absolute Gasteiger partial charge is 0.477 e. The van der Waals surface area contributed by atoms with Crippen LogP contribution in [0.1, 0.15) is 49.1 Å². The third kappa shape index (κ3) is 2.72. The van der Waals surface area contributed by atoms with Crippen LogP contribution in [0.4, 0.5) is 0 Å². The molecule has 1 fully saturated rings. The van der Waals surface area contributed by atoms with E-state index in [2.05, 4.69) is 10.2 Å². The van der Waals surface area contributed by atoms with E-state index in [9.17, 15) is 14.7 Å². The fourth-order valence-electron chi connectivity index (χ4n) is 3.68. The third-order valence-corrected chi connectivity index (χ3v) is 6.93. The summed E-state index contributed by atoms with van der Waals surface area (Å²) in [6.07, 6.45) is 1.99. The van der Waals surface area contributed by atoms with E-state index in [4.69, 9.17) is 16.3 Å². The highest BCUT2D eigenvalue weighted by Gasteiger charge is 2.44. The quantitative estimate of drug-likeness (QED) is 0.815. The van der Waals surface area contributed by atoms with E-state index in [1.165, 1.54) is 11.3 Å². The van der Waals surface area contributed by atoms with Crippen molar-refractivity contribution in [1.29, 1.82) is 0 Å². The van der Waals surface area contributed by atoms with E-state index in [0.29, 0.717) is 48.1 Å². The van der Waals surface area contributed by atoms with Crippen molar-refractivity contribution in [3.63, 3.8) is 0 Å². The number of fused-ring (bicyclic) bond motifs is 2. The summed E-state index contributed by atoms with van der Waals surface area (Å²) in [5, 5.41) is 16.4. The Kier molecular flexibility index (Phi) is 4.29. The van der Waals surface area contributed by atoms with Gasteiger partial charge in [-0.2, -0.15) is 5.10 Å². The molecule has 1 saturated heterocycles. The van der Waals surface area contributed by atoms with Crippen molar-refractivity contribution in [3.05, 3.63) is 37.8 Å². The molecule has 4 heterocycles. The SMILES string of the molecule is Cc1[nH]nc(C(=O)N2CCC3(CC2)OCCc2cc(C(=O)O)sc23)c1Cl. The summed E-state index contributed by atoms with van der Waals surface area (Å²) in [7, 11) is 0. The number of likely N-dealkylation sites (tertiary alicyclic amines) is 1. The van der Waals surface area contributed by atoms with E-state index in [0.717, 1.165) is 16.9 Å². The van der Waals surface area contributed by atoms with Crippen LogP contribution >= 0.6 is 22.9 Å². The molecule has 1 spiro atoms. The van der Waals surface area contributed by atoms with Crippen LogP contribution < -0.4 is 0 Å². The molecular formula is C17H18ClN3O4S. The maximum atomic E-state index is 12.7. The number of carbonyl (C=O) groups is 2. The van der Waals surface area contributed by atoms with Gasteiger partial charge < -0.3 is 14.7 Å². The molecule has 2 aliphatic rings. The van der Waals surface area contributed by atoms with E-state index in [-0.39, 0.29) is 11.6 Å². The lowest BCUT2D eigenvalue weighted by Gasteiger charge is -2.43. The Balaban J connectivity index is 1.55. The van der Waals surface area contributed by atoms with Gasteiger partial charge in [-0.05, 0) is 37.8 Å². The van der Waals surface area contributed by atoms with Gasteiger partial charge >= 0.3 is 5.97 Å². The molecule has 0 radical (unpaired) electrons. The number of rotatable bonds is 2. The second kappa shape index (κ2) is 6.37. The molecular weight excluding hydrogens is 378 g/mol. The summed E-state index contributed by atoms with van der Waals surface area (Å²) in [6, 6.07) is 1.76. The standard InChI is InChI=1S/C17H18ClN3O4S/c1-9-12(18)13(20-19-9)15(22)21-5-3-17(4-6-21)14-10(2-7-25-17)8-11(26-14)16(23)24/h8H,2-7H2,1H3,(H,19,20)(H,23,24). The molecule has 7 nitrogen and oxygen atoms in total. The molecule has 0 aromatic carbocycles. The number of hydrogen-bond donors (Lipinski definition) is 2. The van der Waals surface area contributed by atoms with Crippen LogP contribution in [0.25, 0.3) is 0 Å². The molecule has 4 rings (SSSR count). The molecule has 138 valence electrons. The van der Waals surface area contributed by atoms with Gasteiger partial charge in [-0.1, -0.05) is 11.6 Å². The minimum absolute atomic E-state index is 0.192. The summed E-state index contributed by atoms with van der Waals surface area (Å²) >= 11 is 7.44. The van der Waals surface area contributed by atoms with E-state index >= 15 is 0 Å². The average molecular weight is 396 g/mol. The molecule has 2 aliphatic heterocycles. The number of halogens is 1. The van der Waals surface area contributed by atoms with Crippen LogP contribution in [0, 0.1) is 6.92 Å². The number of H-pyrrole nitrogens is 1. The van der Waals surface area contributed by atoms with E-state index in [1.807, 2.05) is 0 Å². The highest BCUT2D eigenvalue weighted by atomic mass is 35.5. The average Bonchev–Trinajstić information content (AvgIpc) is 3.21. The second-order valence-electron chi connectivity index (χ2n) is 6.67. The van der Waals surface area contributed by atoms with Crippen molar-refractivity contribution < 1.29 is 19.4 Å². The number of piperidine rings is 1. The Bertz CT molecular complexity index is 883. The predicted molar refractivity (Wildman–Crippen MR) is 96.1 cm³/mol. The van der Waals surface area contributed by atoms with Gasteiger partial charge in [0.2, 0.25) is 0 Å². The number of thiophene rings is 1. The third-order valence-electron chi connectivity index (χ3n) is 5.12. The molecule has 0 atom stereocenters. The summed E-state index contributed by atoms with van der Waals surface area (Å²) in [6.45, 7) is 3.37. The Morgan fingerprint density at radius 3 is 2.77 bits per heavy atom. The van der Waals surface area contributed by atoms with Crippen molar-refractivity contribution in [2.24, 2.45) is 0 Å². The number of hydrogen-bond acceptors (Lipinski definition) is 5. The minimum Gasteiger partial charge on any atom is -0.477 e. The number of carboxylic acids is 1. The Morgan fingerprint density at radius 1 is 1.42 bits per heavy atom. The maximum absolute atomic E-state index is 12.7. The first kappa shape index (κ1) is 17.5. The molecule has 1 amide bonds. The van der Waals surface area contributed by atoms with Crippen molar-refractivity contribution >= 4 is 34.8 Å². The predicted octanol–water partition coefficient (Wildman–Crippen LogP) is 2.84. The molecule has 26 heavy (non-hydrogen) atoms. The van der Waals surface area contributed by atoms with Gasteiger partial charge in [0, 0.05) is 18.0 Å². The summed E-state index contributed by atoms with van der Waals surface area (Å²) in [4.78, 5) is 27.1. The molecule has 9 heteroatoms. The van der Waals surface area contributed by atoms with Crippen LogP contribution in [0.15, 0.2) is 6.07 Å². The number of nitrogens with one attached hydrogen (secondary N) is 1. The van der Waals surface area contributed by atoms with Gasteiger partial charge in [0.25, 0.3) is 5.91 Å². The minimum atomic E-state index is -0.907. The number of amides is 1. The van der Waals surface area contributed by atoms with E-state index in [1.54, 1.807) is 17.9 Å². The number of aromatic nitrogens is 2. The molecule has 0 unspecified atom stereocenters. The summed E-state index contributed by atoms with van der Waals surface area (Å²) in [5.74, 6) is -1.10. The normalized spacial score (nSPS) is 18.8. The zero-order chi connectivity index (χ0) is 18.5. The second-order valence-corrected chi connectivity index (χ2v) is 8.10. The van der Waals surface area contributed by atoms with Crippen LogP contribution in [0.2, 0.25) is 5.02 Å². The number of nitrogens with zero attached hydrogens (tertiary/aromatic N) is 2. The Hall–Kier alpha value is -1.90. The Labute approximate surface area is 158 Å². The molecule has 2 N–H and O–H groups in total. The van der Waals surface area contributed by atoms with E-state index < -0.39 is 11.6 Å². The van der Waals surface area contributed by atoms with Gasteiger partial charge in [0.05, 0.1) is 17.3 Å². The van der Waals surface area contributed by atoms with Gasteiger partial charge in [-0.3, -0.25) is 9.89 Å². The van der Waals surface area contributed by atoms with Gasteiger partial charge in [0.15, 0.2) is 5.69 Å². The van der Waals surface area contributed by atoms with Crippen molar-refractivity contribution in [1.82, 2.24) is 15.1 Å². The van der Waals surface area contributed by atoms with Crippen molar-refractivity contribution in [3.8, 4) is 0 Å². The zero-order valence-electron chi connectivity index (χ0n) is 14.2. The summed E-state index contributed by atoms with van der Waals surface area (Å²) < 4.78 is 6.12. The number of carboxylic acid groups (broad SMARTS) is 1. The molecule has 2 aromatic heterocycles. The lowest BCUT2D eigenvalue weighted by molar-refractivity contribution is -0.0906. The topological polar surface area (TPSA) is 95.5 Å². The number of aromatic amines is 1. The van der Waals surface area contributed by atoms with Gasteiger partial charge in [-0.25, -0.2) is 4.79 Å². The molecule has 0 bridgehead atoms. The number of ether oxygens (including phenoxy) is 1. The molecule has 2 aromatic rings. The molecule has 0 saturated carbocycles. The van der Waals surface area contributed by atoms with Crippen LogP contribution in [0.3, 0.4) is 0 Å². The Morgan fingerprint density at radius 2 is 2.15 bits per heavy atom. The number of carbonyl (C=O) groups excluding carboxylic acids is 1. The lowest BCUT2D eigenvalue weighted by atomic mass is 9.85. The first-order valence-corrected chi connectivity index (χ1v) is 9.61. The maximum Gasteiger partial charge on any atom is 0.345 e. The van der Waals surface area contributed by atoms with Crippen LogP contribution in [-0.4, -0.2) is 51.8 Å². The fourth-order valence-corrected chi connectivity index (χ4v) is 5.09. The van der Waals surface area contributed by atoms with Crippen molar-refractivity contribution in [2.45, 2.75) is 31.8 Å². The van der Waals surface area contributed by atoms with Gasteiger partial charge in [0.1, 0.15) is 10.5 Å². The van der Waals surface area contributed by atoms with Crippen LogP contribution in [0.5, 0.6) is 0 Å². The lowest BCUT2D eigenvalue weighted by Crippen LogP contribution is -2.48. The smallest absolute Gasteiger partial charge is 0.345 e. The highest BCUT2D eigenvalue weighted by molar-refractivity contribution is 7.14. The number of aryl methyl sites for hydroxylation is 1. The highest BCUT2D eigenvalue weighted by Crippen LogP contribution is 2.45. The van der Waals surface area contributed by atoms with Crippen LogP contribution in [-0.2, 0) is 16.8 Å². The monoisotopic (exact) mass is 395 g/mol. The van der Waals surface area contributed by atoms with Crippen molar-refractivity contribution in [2.75, 3.05) is 19.7 Å². The first-order valence-electron chi connectivity index (χ1n) is 8.41. The molecule has 0 aliphatic carbocycles.